The van der Waals surface area contributed by atoms with Gasteiger partial charge in [-0.05, 0) is 42.5 Å². The number of alkyl halides is 3. The summed E-state index contributed by atoms with van der Waals surface area (Å²) in [6.07, 6.45) is -4.85. The van der Waals surface area contributed by atoms with Crippen LogP contribution in [0.2, 0.25) is 0 Å². The quantitative estimate of drug-likeness (QED) is 0.242. The van der Waals surface area contributed by atoms with E-state index in [2.05, 4.69) is 10.0 Å². The van der Waals surface area contributed by atoms with Crippen LogP contribution in [0.5, 0.6) is 0 Å². The average molecular weight is 583 g/mol. The summed E-state index contributed by atoms with van der Waals surface area (Å²) in [5.74, 6) is -4.14. The van der Waals surface area contributed by atoms with Gasteiger partial charge in [-0.1, -0.05) is 60.7 Å². The van der Waals surface area contributed by atoms with E-state index in [1.807, 2.05) is 49.4 Å². The van der Waals surface area contributed by atoms with E-state index in [9.17, 15) is 31.2 Å². The molecule has 0 aromatic heterocycles. The first kappa shape index (κ1) is 32.2. The normalized spacial score (nSPS) is 13.0. The molecule has 14 heteroatoms. The van der Waals surface area contributed by atoms with Crippen molar-refractivity contribution in [3.8, 4) is 0 Å². The summed E-state index contributed by atoms with van der Waals surface area (Å²) in [6, 6.07) is 17.3. The lowest BCUT2D eigenvalue weighted by atomic mass is 10.0. The van der Waals surface area contributed by atoms with Gasteiger partial charge >= 0.3 is 12.1 Å². The van der Waals surface area contributed by atoms with Crippen molar-refractivity contribution >= 4 is 38.6 Å². The average Bonchev–Trinajstić information content (AvgIpc) is 2.88. The van der Waals surface area contributed by atoms with Gasteiger partial charge in [0.05, 0.1) is 4.90 Å². The molecule has 3 aromatic rings. The number of carbonyl (C=O) groups is 3. The van der Waals surface area contributed by atoms with Gasteiger partial charge in [-0.2, -0.15) is 17.9 Å². The minimum Gasteiger partial charge on any atom is -0.475 e. The van der Waals surface area contributed by atoms with Crippen LogP contribution in [0.15, 0.2) is 71.6 Å². The third kappa shape index (κ3) is 9.03. The Morgan fingerprint density at radius 1 is 0.925 bits per heavy atom. The predicted molar refractivity (Wildman–Crippen MR) is 141 cm³/mol. The van der Waals surface area contributed by atoms with Crippen LogP contribution in [-0.2, 0) is 30.8 Å². The van der Waals surface area contributed by atoms with Gasteiger partial charge in [0.2, 0.25) is 21.8 Å². The van der Waals surface area contributed by atoms with Crippen molar-refractivity contribution in [2.75, 3.05) is 6.54 Å². The Kier molecular flexibility index (Phi) is 11.2. The standard InChI is InChI=1S/C24H28N4O4S.C2HF3O2/c1-16-11-12-22(19-10-6-5-9-18(16)19)33(31,32)28-20(13-14-25)24(30)27-21(23(26)29)15-17-7-3-2-4-8-17;3-2(4,5)1(6)7/h2-12,20-21,28H,13-15,25H2,1H3,(H2,26,29)(H,27,30);(H,6,7). The van der Waals surface area contributed by atoms with Crippen LogP contribution in [0.25, 0.3) is 10.8 Å². The third-order valence-corrected chi connectivity index (χ3v) is 7.18. The van der Waals surface area contributed by atoms with Gasteiger partial charge in [0.25, 0.3) is 0 Å². The number of aryl methyl sites for hydroxylation is 1. The molecular formula is C26H29F3N4O6S. The molecule has 3 rings (SSSR count). The molecule has 0 aliphatic rings. The molecule has 216 valence electrons. The van der Waals surface area contributed by atoms with E-state index in [1.165, 1.54) is 6.07 Å². The van der Waals surface area contributed by atoms with Gasteiger partial charge in [0, 0.05) is 11.8 Å². The maximum atomic E-state index is 13.2. The molecule has 2 atom stereocenters. The van der Waals surface area contributed by atoms with E-state index in [4.69, 9.17) is 21.4 Å². The van der Waals surface area contributed by atoms with Crippen molar-refractivity contribution in [1.29, 1.82) is 0 Å². The second-order valence-corrected chi connectivity index (χ2v) is 10.3. The van der Waals surface area contributed by atoms with Crippen LogP contribution in [0.3, 0.4) is 0 Å². The van der Waals surface area contributed by atoms with Gasteiger partial charge in [-0.3, -0.25) is 9.59 Å². The Morgan fingerprint density at radius 3 is 2.00 bits per heavy atom. The second-order valence-electron chi connectivity index (χ2n) is 8.63. The molecule has 0 heterocycles. The lowest BCUT2D eigenvalue weighted by molar-refractivity contribution is -0.192. The fourth-order valence-corrected chi connectivity index (χ4v) is 5.10. The number of carboxylic acid groups (broad SMARTS) is 1. The number of sulfonamides is 1. The van der Waals surface area contributed by atoms with Gasteiger partial charge in [0.1, 0.15) is 12.1 Å². The summed E-state index contributed by atoms with van der Waals surface area (Å²) in [7, 11) is -4.07. The molecule has 40 heavy (non-hydrogen) atoms. The Hall–Kier alpha value is -4.01. The number of rotatable bonds is 10. The first-order valence-electron chi connectivity index (χ1n) is 11.8. The molecule has 0 saturated carbocycles. The number of benzene rings is 3. The van der Waals surface area contributed by atoms with E-state index < -0.39 is 46.1 Å². The summed E-state index contributed by atoms with van der Waals surface area (Å²) in [6.45, 7) is 1.96. The van der Waals surface area contributed by atoms with Crippen molar-refractivity contribution in [1.82, 2.24) is 10.0 Å². The molecular weight excluding hydrogens is 553 g/mol. The van der Waals surface area contributed by atoms with Crippen molar-refractivity contribution in [2.24, 2.45) is 11.5 Å². The van der Waals surface area contributed by atoms with E-state index in [1.54, 1.807) is 18.2 Å². The molecule has 0 saturated heterocycles. The lowest BCUT2D eigenvalue weighted by Gasteiger charge is -2.22. The first-order valence-corrected chi connectivity index (χ1v) is 13.3. The van der Waals surface area contributed by atoms with Crippen molar-refractivity contribution in [3.05, 3.63) is 77.9 Å². The van der Waals surface area contributed by atoms with E-state index >= 15 is 0 Å². The van der Waals surface area contributed by atoms with Crippen LogP contribution in [0.1, 0.15) is 17.5 Å². The van der Waals surface area contributed by atoms with E-state index in [0.29, 0.717) is 5.39 Å². The number of primary amides is 1. The van der Waals surface area contributed by atoms with Crippen LogP contribution in [-0.4, -0.2) is 56.1 Å². The molecule has 2 unspecified atom stereocenters. The van der Waals surface area contributed by atoms with Gasteiger partial charge in [-0.15, -0.1) is 0 Å². The molecule has 0 spiro atoms. The van der Waals surface area contributed by atoms with Crippen LogP contribution < -0.4 is 21.5 Å². The Bertz CT molecular complexity index is 1450. The number of aliphatic carboxylic acids is 1. The summed E-state index contributed by atoms with van der Waals surface area (Å²) in [5.41, 5.74) is 12.9. The first-order chi connectivity index (χ1) is 18.7. The summed E-state index contributed by atoms with van der Waals surface area (Å²) >= 11 is 0. The minimum atomic E-state index is -5.08. The van der Waals surface area contributed by atoms with Gasteiger partial charge in [-0.25, -0.2) is 13.2 Å². The number of nitrogens with two attached hydrogens (primary N) is 2. The number of carbonyl (C=O) groups excluding carboxylic acids is 2. The van der Waals surface area contributed by atoms with Crippen LogP contribution in [0, 0.1) is 6.92 Å². The SMILES string of the molecule is Cc1ccc(S(=O)(=O)NC(CCN)C(=O)NC(Cc2ccccc2)C(N)=O)c2ccccc12.O=C(O)C(F)(F)F. The Morgan fingerprint density at radius 2 is 1.48 bits per heavy atom. The third-order valence-electron chi connectivity index (χ3n) is 5.65. The highest BCUT2D eigenvalue weighted by Crippen LogP contribution is 2.26. The molecule has 0 fully saturated rings. The predicted octanol–water partition coefficient (Wildman–Crippen LogP) is 1.99. The highest BCUT2D eigenvalue weighted by atomic mass is 32.2. The van der Waals surface area contributed by atoms with Gasteiger partial charge < -0.3 is 21.9 Å². The lowest BCUT2D eigenvalue weighted by Crippen LogP contribution is -2.54. The number of amides is 2. The summed E-state index contributed by atoms with van der Waals surface area (Å²) < 4.78 is 60.7. The second kappa shape index (κ2) is 13.9. The number of fused-ring (bicyclic) bond motifs is 1. The highest BCUT2D eigenvalue weighted by Gasteiger charge is 2.38. The minimum absolute atomic E-state index is 0.0473. The van der Waals surface area contributed by atoms with Crippen molar-refractivity contribution in [2.45, 2.75) is 42.9 Å². The molecule has 10 nitrogen and oxygen atoms in total. The zero-order valence-corrected chi connectivity index (χ0v) is 22.1. The smallest absolute Gasteiger partial charge is 0.475 e. The maximum absolute atomic E-state index is 13.2. The summed E-state index contributed by atoms with van der Waals surface area (Å²) in [5, 5.41) is 11.1. The number of nitrogens with one attached hydrogen (secondary N) is 2. The summed E-state index contributed by atoms with van der Waals surface area (Å²) in [4.78, 5) is 33.9. The zero-order chi connectivity index (χ0) is 30.1. The number of hydrogen-bond acceptors (Lipinski definition) is 6. The molecule has 0 aliphatic heterocycles. The van der Waals surface area contributed by atoms with Crippen LogP contribution in [0.4, 0.5) is 13.2 Å². The van der Waals surface area contributed by atoms with E-state index in [-0.39, 0.29) is 24.3 Å². The largest absolute Gasteiger partial charge is 0.490 e. The highest BCUT2D eigenvalue weighted by molar-refractivity contribution is 7.89. The van der Waals surface area contributed by atoms with Crippen molar-refractivity contribution in [3.63, 3.8) is 0 Å². The fraction of sp³-hybridized carbons (Fsp3) is 0.269. The Balaban J connectivity index is 0.000000708. The number of hydrogen-bond donors (Lipinski definition) is 5. The molecule has 7 N–H and O–H groups in total. The molecule has 2 amide bonds. The van der Waals surface area contributed by atoms with Gasteiger partial charge in [0.15, 0.2) is 0 Å². The molecule has 0 radical (unpaired) electrons. The number of halogens is 3. The van der Waals surface area contributed by atoms with Crippen molar-refractivity contribution < 1.29 is 41.1 Å². The monoisotopic (exact) mass is 582 g/mol. The molecule has 0 bridgehead atoms. The molecule has 0 aliphatic carbocycles. The topological polar surface area (TPSA) is 182 Å². The van der Waals surface area contributed by atoms with E-state index in [0.717, 1.165) is 16.5 Å². The molecule has 3 aromatic carbocycles. The van der Waals surface area contributed by atoms with Crippen LogP contribution >= 0.6 is 0 Å². The number of carboxylic acids is 1. The zero-order valence-electron chi connectivity index (χ0n) is 21.3. The maximum Gasteiger partial charge on any atom is 0.490 e. The Labute approximate surface area is 228 Å². The fourth-order valence-electron chi connectivity index (χ4n) is 3.66.